The number of rotatable bonds is 6. The molecule has 0 radical (unpaired) electrons. The van der Waals surface area contributed by atoms with E-state index in [2.05, 4.69) is 38.3 Å². The SMILES string of the molecule is CN(Cc1cccnc1)C[C@@H]1CCN(Cc2cscn2)C1. The summed E-state index contributed by atoms with van der Waals surface area (Å²) in [5.74, 6) is 0.769. The van der Waals surface area contributed by atoms with Gasteiger partial charge in [-0.15, -0.1) is 11.3 Å². The monoisotopic (exact) mass is 302 g/mol. The summed E-state index contributed by atoms with van der Waals surface area (Å²) < 4.78 is 0. The Kier molecular flexibility index (Phi) is 4.95. The zero-order chi connectivity index (χ0) is 14.5. The maximum atomic E-state index is 4.38. The molecule has 1 saturated heterocycles. The average Bonchev–Trinajstić information content (AvgIpc) is 3.13. The summed E-state index contributed by atoms with van der Waals surface area (Å²) in [6.07, 6.45) is 5.08. The molecule has 0 saturated carbocycles. The molecular weight excluding hydrogens is 280 g/mol. The fraction of sp³-hybridized carbons (Fsp3) is 0.500. The van der Waals surface area contributed by atoms with Gasteiger partial charge in [0.25, 0.3) is 0 Å². The lowest BCUT2D eigenvalue weighted by molar-refractivity contribution is 0.254. The maximum absolute atomic E-state index is 4.38. The van der Waals surface area contributed by atoms with Crippen molar-refractivity contribution in [3.63, 3.8) is 0 Å². The quantitative estimate of drug-likeness (QED) is 0.820. The Morgan fingerprint density at radius 3 is 3.19 bits per heavy atom. The molecular formula is C16H22N4S. The predicted molar refractivity (Wildman–Crippen MR) is 86.1 cm³/mol. The first-order valence-electron chi connectivity index (χ1n) is 7.46. The Bertz CT molecular complexity index is 528. The topological polar surface area (TPSA) is 32.3 Å². The summed E-state index contributed by atoms with van der Waals surface area (Å²) in [6, 6.07) is 4.15. The third-order valence-corrected chi connectivity index (χ3v) is 4.62. The Balaban J connectivity index is 1.44. The highest BCUT2D eigenvalue weighted by Gasteiger charge is 2.23. The van der Waals surface area contributed by atoms with E-state index in [4.69, 9.17) is 0 Å². The van der Waals surface area contributed by atoms with Crippen molar-refractivity contribution in [1.82, 2.24) is 19.8 Å². The zero-order valence-corrected chi connectivity index (χ0v) is 13.3. The molecule has 0 spiro atoms. The van der Waals surface area contributed by atoms with Gasteiger partial charge in [0, 0.05) is 44.0 Å². The number of nitrogens with zero attached hydrogens (tertiary/aromatic N) is 4. The number of thiazole rings is 1. The van der Waals surface area contributed by atoms with Crippen LogP contribution in [0.4, 0.5) is 0 Å². The van der Waals surface area contributed by atoms with Crippen molar-refractivity contribution < 1.29 is 0 Å². The summed E-state index contributed by atoms with van der Waals surface area (Å²) in [6.45, 7) is 5.53. The van der Waals surface area contributed by atoms with Gasteiger partial charge in [-0.05, 0) is 37.6 Å². The van der Waals surface area contributed by atoms with Crippen molar-refractivity contribution in [3.8, 4) is 0 Å². The van der Waals surface area contributed by atoms with Gasteiger partial charge >= 0.3 is 0 Å². The number of hydrogen-bond acceptors (Lipinski definition) is 5. The van der Waals surface area contributed by atoms with Gasteiger partial charge in [0.1, 0.15) is 0 Å². The van der Waals surface area contributed by atoms with Crippen molar-refractivity contribution in [2.45, 2.75) is 19.5 Å². The second kappa shape index (κ2) is 7.11. The molecule has 0 N–H and O–H groups in total. The first-order chi connectivity index (χ1) is 10.3. The number of likely N-dealkylation sites (tertiary alicyclic amines) is 1. The van der Waals surface area contributed by atoms with Crippen LogP contribution >= 0.6 is 11.3 Å². The van der Waals surface area contributed by atoms with Crippen LogP contribution in [0, 0.1) is 5.92 Å². The molecule has 0 amide bonds. The van der Waals surface area contributed by atoms with Crippen LogP contribution in [-0.4, -0.2) is 46.4 Å². The molecule has 1 aliphatic heterocycles. The molecule has 0 bridgehead atoms. The minimum atomic E-state index is 0.769. The van der Waals surface area contributed by atoms with Crippen molar-refractivity contribution in [3.05, 3.63) is 46.7 Å². The summed E-state index contributed by atoms with van der Waals surface area (Å²) in [5.41, 5.74) is 4.42. The second-order valence-corrected chi connectivity index (χ2v) is 6.65. The largest absolute Gasteiger partial charge is 0.302 e. The minimum absolute atomic E-state index is 0.769. The Hall–Kier alpha value is -1.30. The molecule has 1 aliphatic rings. The van der Waals surface area contributed by atoms with E-state index in [-0.39, 0.29) is 0 Å². The van der Waals surface area contributed by atoms with E-state index < -0.39 is 0 Å². The Morgan fingerprint density at radius 1 is 1.48 bits per heavy atom. The van der Waals surface area contributed by atoms with Crippen LogP contribution in [0.25, 0.3) is 0 Å². The van der Waals surface area contributed by atoms with Gasteiger partial charge in [0.15, 0.2) is 0 Å². The lowest BCUT2D eigenvalue weighted by Gasteiger charge is -2.21. The van der Waals surface area contributed by atoms with Gasteiger partial charge in [-0.3, -0.25) is 9.88 Å². The smallest absolute Gasteiger partial charge is 0.0795 e. The molecule has 2 aromatic rings. The molecule has 112 valence electrons. The second-order valence-electron chi connectivity index (χ2n) is 5.93. The molecule has 1 atom stereocenters. The standard InChI is InChI=1S/C16H22N4S/c1-19(8-14-3-2-5-17-7-14)9-15-4-6-20(10-15)11-16-12-21-13-18-16/h2-3,5,7,12-13,15H,4,6,8-11H2,1H3/t15-/m0/s1. The van der Waals surface area contributed by atoms with Gasteiger partial charge in [0.2, 0.25) is 0 Å². The third-order valence-electron chi connectivity index (χ3n) is 3.98. The molecule has 0 aliphatic carbocycles. The van der Waals surface area contributed by atoms with Gasteiger partial charge < -0.3 is 4.90 Å². The number of aromatic nitrogens is 2. The molecule has 5 heteroatoms. The van der Waals surface area contributed by atoms with Gasteiger partial charge in [-0.25, -0.2) is 4.98 Å². The molecule has 0 aromatic carbocycles. The van der Waals surface area contributed by atoms with Crippen molar-refractivity contribution in [1.29, 1.82) is 0 Å². The zero-order valence-electron chi connectivity index (χ0n) is 12.5. The van der Waals surface area contributed by atoms with E-state index in [1.165, 1.54) is 30.8 Å². The molecule has 4 nitrogen and oxygen atoms in total. The van der Waals surface area contributed by atoms with Crippen LogP contribution in [-0.2, 0) is 13.1 Å². The highest BCUT2D eigenvalue weighted by molar-refractivity contribution is 7.07. The summed E-state index contributed by atoms with van der Waals surface area (Å²) >= 11 is 1.68. The van der Waals surface area contributed by atoms with Crippen LogP contribution < -0.4 is 0 Å². The Morgan fingerprint density at radius 2 is 2.43 bits per heavy atom. The molecule has 2 aromatic heterocycles. The van der Waals surface area contributed by atoms with E-state index >= 15 is 0 Å². The first kappa shape index (κ1) is 14.6. The normalized spacial score (nSPS) is 19.4. The lowest BCUT2D eigenvalue weighted by atomic mass is 10.1. The number of hydrogen-bond donors (Lipinski definition) is 0. The van der Waals surface area contributed by atoms with E-state index in [0.717, 1.165) is 25.6 Å². The van der Waals surface area contributed by atoms with Crippen LogP contribution in [0.2, 0.25) is 0 Å². The van der Waals surface area contributed by atoms with Crippen molar-refractivity contribution >= 4 is 11.3 Å². The molecule has 21 heavy (non-hydrogen) atoms. The van der Waals surface area contributed by atoms with Gasteiger partial charge in [0.05, 0.1) is 11.2 Å². The highest BCUT2D eigenvalue weighted by Crippen LogP contribution is 2.20. The van der Waals surface area contributed by atoms with Crippen molar-refractivity contribution in [2.75, 3.05) is 26.7 Å². The fourth-order valence-corrected chi connectivity index (χ4v) is 3.61. The molecule has 1 fully saturated rings. The van der Waals surface area contributed by atoms with Crippen LogP contribution in [0.5, 0.6) is 0 Å². The predicted octanol–water partition coefficient (Wildman–Crippen LogP) is 2.49. The van der Waals surface area contributed by atoms with E-state index in [9.17, 15) is 0 Å². The van der Waals surface area contributed by atoms with E-state index in [1.807, 2.05) is 24.0 Å². The molecule has 3 heterocycles. The average molecular weight is 302 g/mol. The summed E-state index contributed by atoms with van der Waals surface area (Å²) in [7, 11) is 2.20. The van der Waals surface area contributed by atoms with E-state index in [0.29, 0.717) is 0 Å². The summed E-state index contributed by atoms with van der Waals surface area (Å²) in [4.78, 5) is 13.5. The van der Waals surface area contributed by atoms with Crippen LogP contribution in [0.1, 0.15) is 17.7 Å². The van der Waals surface area contributed by atoms with Crippen LogP contribution in [0.15, 0.2) is 35.4 Å². The highest BCUT2D eigenvalue weighted by atomic mass is 32.1. The molecule has 3 rings (SSSR count). The fourth-order valence-electron chi connectivity index (χ4n) is 3.06. The van der Waals surface area contributed by atoms with Crippen LogP contribution in [0.3, 0.4) is 0 Å². The third kappa shape index (κ3) is 4.33. The summed E-state index contributed by atoms with van der Waals surface area (Å²) in [5, 5.41) is 2.15. The van der Waals surface area contributed by atoms with Gasteiger partial charge in [-0.1, -0.05) is 6.07 Å². The Labute approximate surface area is 130 Å². The van der Waals surface area contributed by atoms with Gasteiger partial charge in [-0.2, -0.15) is 0 Å². The maximum Gasteiger partial charge on any atom is 0.0795 e. The number of pyridine rings is 1. The van der Waals surface area contributed by atoms with Crippen molar-refractivity contribution in [2.24, 2.45) is 5.92 Å². The first-order valence-corrected chi connectivity index (χ1v) is 8.41. The molecule has 0 unspecified atom stereocenters. The minimum Gasteiger partial charge on any atom is -0.302 e. The lowest BCUT2D eigenvalue weighted by Crippen LogP contribution is -2.28. The van der Waals surface area contributed by atoms with E-state index in [1.54, 1.807) is 11.3 Å².